The number of hydrogen-bond donors (Lipinski definition) is 3. The van der Waals surface area contributed by atoms with Crippen LogP contribution in [0.5, 0.6) is 0 Å². The van der Waals surface area contributed by atoms with E-state index in [-0.39, 0.29) is 12.5 Å². The number of benzene rings is 1. The van der Waals surface area contributed by atoms with E-state index in [1.165, 1.54) is 29.2 Å². The monoisotopic (exact) mass is 311 g/mol. The Morgan fingerprint density at radius 1 is 1.27 bits per heavy atom. The molecule has 3 N–H and O–H groups in total. The molecule has 122 valence electrons. The van der Waals surface area contributed by atoms with Crippen molar-refractivity contribution in [3.05, 3.63) is 35.6 Å². The summed E-state index contributed by atoms with van der Waals surface area (Å²) in [4.78, 5) is 25.4. The summed E-state index contributed by atoms with van der Waals surface area (Å²) in [7, 11) is 3.19. The molecule has 0 fully saturated rings. The van der Waals surface area contributed by atoms with Crippen molar-refractivity contribution in [3.63, 3.8) is 0 Å². The fraction of sp³-hybridized carbons (Fsp3) is 0.467. The minimum absolute atomic E-state index is 0.259. The predicted octanol–water partition coefficient (Wildman–Crippen LogP) is 1.03. The van der Waals surface area contributed by atoms with E-state index in [4.69, 9.17) is 0 Å². The first-order valence-corrected chi connectivity index (χ1v) is 6.84. The molecule has 22 heavy (non-hydrogen) atoms. The Bertz CT molecular complexity index is 529. The van der Waals surface area contributed by atoms with Crippen molar-refractivity contribution in [1.82, 2.24) is 15.5 Å². The maximum atomic E-state index is 12.9. The Kier molecular flexibility index (Phi) is 5.87. The van der Waals surface area contributed by atoms with E-state index in [9.17, 15) is 19.1 Å². The van der Waals surface area contributed by atoms with Crippen LogP contribution in [0, 0.1) is 5.82 Å². The van der Waals surface area contributed by atoms with Crippen molar-refractivity contribution in [2.45, 2.75) is 25.4 Å². The van der Waals surface area contributed by atoms with Gasteiger partial charge in [0.1, 0.15) is 11.4 Å². The first kappa shape index (κ1) is 17.9. The van der Waals surface area contributed by atoms with E-state index in [2.05, 4.69) is 10.6 Å². The second-order valence-electron chi connectivity index (χ2n) is 5.71. The largest absolute Gasteiger partial charge is 0.394 e. The van der Waals surface area contributed by atoms with Crippen molar-refractivity contribution in [1.29, 1.82) is 0 Å². The third-order valence-corrected chi connectivity index (χ3v) is 3.13. The lowest BCUT2D eigenvalue weighted by Gasteiger charge is -2.29. The van der Waals surface area contributed by atoms with Crippen LogP contribution in [0.2, 0.25) is 0 Å². The highest BCUT2D eigenvalue weighted by Crippen LogP contribution is 2.13. The molecule has 0 aliphatic rings. The first-order chi connectivity index (χ1) is 10.2. The van der Waals surface area contributed by atoms with Gasteiger partial charge in [-0.3, -0.25) is 4.79 Å². The molecular weight excluding hydrogens is 289 g/mol. The Balaban J connectivity index is 2.73. The third-order valence-electron chi connectivity index (χ3n) is 3.13. The molecule has 0 aromatic heterocycles. The Morgan fingerprint density at radius 3 is 2.27 bits per heavy atom. The molecule has 7 heteroatoms. The SMILES string of the molecule is CN(C)C(=O)C(C)(C)NC(=O)NC(CO)c1ccc(F)cc1. The highest BCUT2D eigenvalue weighted by molar-refractivity contribution is 5.90. The molecule has 1 aromatic rings. The summed E-state index contributed by atoms with van der Waals surface area (Å²) in [5.41, 5.74) is -0.521. The maximum absolute atomic E-state index is 12.9. The van der Waals surface area contributed by atoms with Gasteiger partial charge in [-0.15, -0.1) is 0 Å². The van der Waals surface area contributed by atoms with E-state index in [1.54, 1.807) is 27.9 Å². The van der Waals surface area contributed by atoms with Gasteiger partial charge in [-0.1, -0.05) is 12.1 Å². The Hall–Kier alpha value is -2.15. The van der Waals surface area contributed by atoms with Gasteiger partial charge in [-0.05, 0) is 31.5 Å². The van der Waals surface area contributed by atoms with Crippen molar-refractivity contribution >= 4 is 11.9 Å². The number of nitrogens with one attached hydrogen (secondary N) is 2. The number of nitrogens with zero attached hydrogens (tertiary/aromatic N) is 1. The van der Waals surface area contributed by atoms with Gasteiger partial charge in [0.2, 0.25) is 5.91 Å². The van der Waals surface area contributed by atoms with Crippen LogP contribution in [0.4, 0.5) is 9.18 Å². The van der Waals surface area contributed by atoms with E-state index in [0.717, 1.165) is 0 Å². The van der Waals surface area contributed by atoms with Crippen LogP contribution in [0.15, 0.2) is 24.3 Å². The normalized spacial score (nSPS) is 12.5. The average molecular weight is 311 g/mol. The van der Waals surface area contributed by atoms with E-state index in [0.29, 0.717) is 5.56 Å². The van der Waals surface area contributed by atoms with Crippen LogP contribution in [0.1, 0.15) is 25.5 Å². The summed E-state index contributed by atoms with van der Waals surface area (Å²) < 4.78 is 12.9. The van der Waals surface area contributed by atoms with Crippen LogP contribution in [-0.2, 0) is 4.79 Å². The van der Waals surface area contributed by atoms with E-state index in [1.807, 2.05) is 0 Å². The third kappa shape index (κ3) is 4.70. The molecule has 1 atom stereocenters. The van der Waals surface area contributed by atoms with Gasteiger partial charge in [0.15, 0.2) is 0 Å². The fourth-order valence-electron chi connectivity index (χ4n) is 2.02. The van der Waals surface area contributed by atoms with Crippen molar-refractivity contribution < 1.29 is 19.1 Å². The van der Waals surface area contributed by atoms with Crippen LogP contribution in [0.25, 0.3) is 0 Å². The lowest BCUT2D eigenvalue weighted by molar-refractivity contribution is -0.134. The molecule has 0 aliphatic heterocycles. The van der Waals surface area contributed by atoms with E-state index < -0.39 is 23.4 Å². The van der Waals surface area contributed by atoms with Gasteiger partial charge < -0.3 is 20.6 Å². The summed E-state index contributed by atoms with van der Waals surface area (Å²) >= 11 is 0. The number of aliphatic hydroxyl groups is 1. The molecule has 3 amide bonds. The standard InChI is InChI=1S/C15H22FN3O3/c1-15(2,13(21)19(3)4)18-14(22)17-12(9-20)10-5-7-11(16)8-6-10/h5-8,12,20H,9H2,1-4H3,(H2,17,18,22). The molecule has 0 heterocycles. The molecule has 0 bridgehead atoms. The second-order valence-corrected chi connectivity index (χ2v) is 5.71. The highest BCUT2D eigenvalue weighted by atomic mass is 19.1. The van der Waals surface area contributed by atoms with Crippen LogP contribution >= 0.6 is 0 Å². The number of carbonyl (C=O) groups excluding carboxylic acids is 2. The average Bonchev–Trinajstić information content (AvgIpc) is 2.44. The summed E-state index contributed by atoms with van der Waals surface area (Å²) in [5, 5.41) is 14.5. The first-order valence-electron chi connectivity index (χ1n) is 6.84. The number of amides is 3. The van der Waals surface area contributed by atoms with Crippen molar-refractivity contribution in [3.8, 4) is 0 Å². The summed E-state index contributed by atoms with van der Waals surface area (Å²) in [6.45, 7) is 2.82. The molecule has 0 spiro atoms. The number of likely N-dealkylation sites (N-methyl/N-ethyl adjacent to an activating group) is 1. The maximum Gasteiger partial charge on any atom is 0.316 e. The zero-order chi connectivity index (χ0) is 16.9. The highest BCUT2D eigenvalue weighted by Gasteiger charge is 2.31. The molecular formula is C15H22FN3O3. The molecule has 1 aromatic carbocycles. The fourth-order valence-corrected chi connectivity index (χ4v) is 2.02. The lowest BCUT2D eigenvalue weighted by atomic mass is 10.0. The molecule has 0 saturated heterocycles. The molecule has 0 radical (unpaired) electrons. The second kappa shape index (κ2) is 7.22. The van der Waals surface area contributed by atoms with Crippen molar-refractivity contribution in [2.75, 3.05) is 20.7 Å². The number of rotatable bonds is 5. The number of carbonyl (C=O) groups is 2. The summed E-state index contributed by atoms with van der Waals surface area (Å²) in [5.74, 6) is -0.660. The zero-order valence-corrected chi connectivity index (χ0v) is 13.2. The number of urea groups is 1. The predicted molar refractivity (Wildman–Crippen MR) is 80.7 cm³/mol. The van der Waals surface area contributed by atoms with Crippen LogP contribution < -0.4 is 10.6 Å². The van der Waals surface area contributed by atoms with Gasteiger partial charge in [-0.2, -0.15) is 0 Å². The lowest BCUT2D eigenvalue weighted by Crippen LogP contribution is -2.57. The molecule has 1 rings (SSSR count). The Morgan fingerprint density at radius 2 is 1.82 bits per heavy atom. The molecule has 1 unspecified atom stereocenters. The van der Waals surface area contributed by atoms with Gasteiger partial charge in [0, 0.05) is 14.1 Å². The van der Waals surface area contributed by atoms with Gasteiger partial charge in [0.05, 0.1) is 12.6 Å². The molecule has 0 aliphatic carbocycles. The quantitative estimate of drug-likeness (QED) is 0.759. The number of aliphatic hydroxyl groups excluding tert-OH is 1. The van der Waals surface area contributed by atoms with Gasteiger partial charge in [-0.25, -0.2) is 9.18 Å². The topological polar surface area (TPSA) is 81.7 Å². The Labute approximate surface area is 129 Å². The van der Waals surface area contributed by atoms with Gasteiger partial charge in [0.25, 0.3) is 0 Å². The van der Waals surface area contributed by atoms with Crippen LogP contribution in [0.3, 0.4) is 0 Å². The van der Waals surface area contributed by atoms with E-state index >= 15 is 0 Å². The molecule has 6 nitrogen and oxygen atoms in total. The van der Waals surface area contributed by atoms with Crippen molar-refractivity contribution in [2.24, 2.45) is 0 Å². The molecule has 0 saturated carbocycles. The number of hydrogen-bond acceptors (Lipinski definition) is 3. The number of halogens is 1. The zero-order valence-electron chi connectivity index (χ0n) is 13.2. The summed E-state index contributed by atoms with van der Waals surface area (Å²) in [6.07, 6.45) is 0. The minimum Gasteiger partial charge on any atom is -0.394 e. The van der Waals surface area contributed by atoms with Gasteiger partial charge >= 0.3 is 6.03 Å². The smallest absolute Gasteiger partial charge is 0.316 e. The summed E-state index contributed by atoms with van der Waals surface area (Å²) in [6, 6.07) is 4.17. The van der Waals surface area contributed by atoms with Crippen LogP contribution in [-0.4, -0.2) is 48.2 Å². The minimum atomic E-state index is -1.09.